The van der Waals surface area contributed by atoms with Crippen molar-refractivity contribution >= 4 is 23.0 Å². The molecule has 2 aromatic rings. The van der Waals surface area contributed by atoms with Crippen LogP contribution in [0.2, 0.25) is 0 Å². The van der Waals surface area contributed by atoms with E-state index >= 15 is 0 Å². The Morgan fingerprint density at radius 3 is 2.26 bits per heavy atom. The van der Waals surface area contributed by atoms with Gasteiger partial charge in [0.2, 0.25) is 0 Å². The van der Waals surface area contributed by atoms with Gasteiger partial charge in [0, 0.05) is 31.0 Å². The van der Waals surface area contributed by atoms with Crippen molar-refractivity contribution in [1.29, 1.82) is 0 Å². The topological polar surface area (TPSA) is 67.1 Å². The molecule has 0 fully saturated rings. The van der Waals surface area contributed by atoms with Crippen LogP contribution < -0.4 is 16.0 Å². The van der Waals surface area contributed by atoms with Crippen molar-refractivity contribution in [2.24, 2.45) is 0 Å². The number of hydrogen-bond acceptors (Lipinski definition) is 5. The zero-order valence-electron chi connectivity index (χ0n) is 11.7. The van der Waals surface area contributed by atoms with E-state index in [2.05, 4.69) is 32.3 Å². The monoisotopic (exact) mass is 257 g/mol. The summed E-state index contributed by atoms with van der Waals surface area (Å²) < 4.78 is 0. The summed E-state index contributed by atoms with van der Waals surface area (Å²) in [6, 6.07) is 8.13. The molecular weight excluding hydrogens is 238 g/mol. The minimum Gasteiger partial charge on any atom is -0.383 e. The van der Waals surface area contributed by atoms with Gasteiger partial charge in [-0.15, -0.1) is 0 Å². The van der Waals surface area contributed by atoms with Gasteiger partial charge in [-0.05, 0) is 38.1 Å². The minimum absolute atomic E-state index is 0.514. The van der Waals surface area contributed by atoms with Crippen LogP contribution in [0.5, 0.6) is 0 Å². The van der Waals surface area contributed by atoms with Crippen LogP contribution in [0, 0.1) is 13.8 Å². The number of aromatic nitrogens is 2. The van der Waals surface area contributed by atoms with Crippen LogP contribution in [0.15, 0.2) is 24.3 Å². The molecule has 2 rings (SSSR count). The third-order valence-electron chi connectivity index (χ3n) is 2.94. The molecule has 1 aromatic carbocycles. The lowest BCUT2D eigenvalue weighted by atomic mass is 10.2. The molecule has 0 unspecified atom stereocenters. The van der Waals surface area contributed by atoms with Crippen molar-refractivity contribution in [3.8, 4) is 0 Å². The molecule has 0 aliphatic carbocycles. The van der Waals surface area contributed by atoms with Gasteiger partial charge in [-0.3, -0.25) is 0 Å². The SMILES string of the molecule is Cc1nc(N)c(C)c(Nc2ccc(N(C)C)cc2)n1. The predicted molar refractivity (Wildman–Crippen MR) is 80.0 cm³/mol. The molecule has 0 atom stereocenters. The molecule has 0 aliphatic rings. The van der Waals surface area contributed by atoms with Crippen LogP contribution in [-0.4, -0.2) is 24.1 Å². The molecule has 1 heterocycles. The van der Waals surface area contributed by atoms with E-state index in [4.69, 9.17) is 5.73 Å². The van der Waals surface area contributed by atoms with Gasteiger partial charge < -0.3 is 16.0 Å². The van der Waals surface area contributed by atoms with Gasteiger partial charge in [0.25, 0.3) is 0 Å². The smallest absolute Gasteiger partial charge is 0.139 e. The number of nitrogen functional groups attached to an aromatic ring is 1. The Hall–Kier alpha value is -2.30. The second-order valence-corrected chi connectivity index (χ2v) is 4.70. The van der Waals surface area contributed by atoms with Crippen molar-refractivity contribution in [3.63, 3.8) is 0 Å². The molecule has 5 nitrogen and oxygen atoms in total. The van der Waals surface area contributed by atoms with Gasteiger partial charge >= 0.3 is 0 Å². The van der Waals surface area contributed by atoms with E-state index in [0.717, 1.165) is 22.8 Å². The maximum atomic E-state index is 5.84. The first-order chi connectivity index (χ1) is 8.97. The van der Waals surface area contributed by atoms with Crippen LogP contribution >= 0.6 is 0 Å². The van der Waals surface area contributed by atoms with Gasteiger partial charge in [0.15, 0.2) is 0 Å². The first-order valence-electron chi connectivity index (χ1n) is 6.12. The van der Waals surface area contributed by atoms with Crippen LogP contribution in [0.1, 0.15) is 11.4 Å². The molecule has 0 saturated heterocycles. The fourth-order valence-electron chi connectivity index (χ4n) is 1.75. The molecule has 0 radical (unpaired) electrons. The van der Waals surface area contributed by atoms with Gasteiger partial charge in [-0.1, -0.05) is 0 Å². The van der Waals surface area contributed by atoms with E-state index in [0.29, 0.717) is 11.6 Å². The van der Waals surface area contributed by atoms with Crippen molar-refractivity contribution in [1.82, 2.24) is 9.97 Å². The van der Waals surface area contributed by atoms with Crippen molar-refractivity contribution in [2.75, 3.05) is 30.0 Å². The van der Waals surface area contributed by atoms with Gasteiger partial charge in [-0.2, -0.15) is 0 Å². The fraction of sp³-hybridized carbons (Fsp3) is 0.286. The van der Waals surface area contributed by atoms with Crippen molar-refractivity contribution < 1.29 is 0 Å². The Bertz CT molecular complexity index is 575. The van der Waals surface area contributed by atoms with Gasteiger partial charge in [0.1, 0.15) is 17.5 Å². The molecule has 0 spiro atoms. The lowest BCUT2D eigenvalue weighted by molar-refractivity contribution is 1.04. The number of anilines is 4. The molecule has 0 aliphatic heterocycles. The first kappa shape index (κ1) is 13.1. The Kier molecular flexibility index (Phi) is 3.55. The number of nitrogens with one attached hydrogen (secondary N) is 1. The average molecular weight is 257 g/mol. The molecule has 5 heteroatoms. The normalized spacial score (nSPS) is 10.3. The molecule has 1 aromatic heterocycles. The summed E-state index contributed by atoms with van der Waals surface area (Å²) in [4.78, 5) is 10.6. The highest BCUT2D eigenvalue weighted by Crippen LogP contribution is 2.23. The quantitative estimate of drug-likeness (QED) is 0.884. The second kappa shape index (κ2) is 5.14. The summed E-state index contributed by atoms with van der Waals surface area (Å²) in [7, 11) is 4.03. The highest BCUT2D eigenvalue weighted by Gasteiger charge is 2.06. The zero-order valence-corrected chi connectivity index (χ0v) is 11.7. The third kappa shape index (κ3) is 2.93. The molecule has 100 valence electrons. The number of rotatable bonds is 3. The van der Waals surface area contributed by atoms with Crippen LogP contribution in [0.4, 0.5) is 23.0 Å². The number of aryl methyl sites for hydroxylation is 1. The highest BCUT2D eigenvalue weighted by molar-refractivity contribution is 5.65. The van der Waals surface area contributed by atoms with E-state index < -0.39 is 0 Å². The Labute approximate surface area is 113 Å². The average Bonchev–Trinajstić information content (AvgIpc) is 2.36. The third-order valence-corrected chi connectivity index (χ3v) is 2.94. The second-order valence-electron chi connectivity index (χ2n) is 4.70. The van der Waals surface area contributed by atoms with Gasteiger partial charge in [0.05, 0.1) is 0 Å². The lowest BCUT2D eigenvalue weighted by Gasteiger charge is -2.14. The Morgan fingerprint density at radius 1 is 1.05 bits per heavy atom. The Balaban J connectivity index is 2.26. The first-order valence-corrected chi connectivity index (χ1v) is 6.12. The maximum absolute atomic E-state index is 5.84. The van der Waals surface area contributed by atoms with Crippen molar-refractivity contribution in [2.45, 2.75) is 13.8 Å². The standard InChI is InChI=1S/C14H19N5/c1-9-13(15)16-10(2)17-14(9)18-11-5-7-12(8-6-11)19(3)4/h5-8H,1-4H3,(H3,15,16,17,18). The predicted octanol–water partition coefficient (Wildman–Crippen LogP) is 2.49. The summed E-state index contributed by atoms with van der Waals surface area (Å²) in [5, 5.41) is 3.27. The summed E-state index contributed by atoms with van der Waals surface area (Å²) in [6.45, 7) is 3.74. The van der Waals surface area contributed by atoms with Gasteiger partial charge in [-0.25, -0.2) is 9.97 Å². The summed E-state index contributed by atoms with van der Waals surface area (Å²) >= 11 is 0. The maximum Gasteiger partial charge on any atom is 0.139 e. The number of hydrogen-bond donors (Lipinski definition) is 2. The van der Waals surface area contributed by atoms with E-state index in [1.54, 1.807) is 0 Å². The zero-order chi connectivity index (χ0) is 14.0. The number of nitrogens with zero attached hydrogens (tertiary/aromatic N) is 3. The molecule has 3 N–H and O–H groups in total. The molecule has 0 saturated carbocycles. The lowest BCUT2D eigenvalue weighted by Crippen LogP contribution is -2.08. The molecule has 19 heavy (non-hydrogen) atoms. The van der Waals surface area contributed by atoms with Crippen LogP contribution in [0.3, 0.4) is 0 Å². The van der Waals surface area contributed by atoms with E-state index in [-0.39, 0.29) is 0 Å². The summed E-state index contributed by atoms with van der Waals surface area (Å²) in [5.41, 5.74) is 8.84. The largest absolute Gasteiger partial charge is 0.383 e. The molecule has 0 amide bonds. The highest BCUT2D eigenvalue weighted by atomic mass is 15.1. The molecular formula is C14H19N5. The summed E-state index contributed by atoms with van der Waals surface area (Å²) in [5.74, 6) is 1.93. The molecule has 0 bridgehead atoms. The minimum atomic E-state index is 0.514. The Morgan fingerprint density at radius 2 is 1.68 bits per heavy atom. The summed E-state index contributed by atoms with van der Waals surface area (Å²) in [6.07, 6.45) is 0. The number of nitrogens with two attached hydrogens (primary N) is 1. The van der Waals surface area contributed by atoms with Crippen LogP contribution in [0.25, 0.3) is 0 Å². The van der Waals surface area contributed by atoms with E-state index in [1.165, 1.54) is 0 Å². The van der Waals surface area contributed by atoms with E-state index in [1.807, 2.05) is 40.1 Å². The van der Waals surface area contributed by atoms with Crippen molar-refractivity contribution in [3.05, 3.63) is 35.7 Å². The number of benzene rings is 1. The van der Waals surface area contributed by atoms with E-state index in [9.17, 15) is 0 Å². The van der Waals surface area contributed by atoms with Crippen LogP contribution in [-0.2, 0) is 0 Å². The fourth-order valence-corrected chi connectivity index (χ4v) is 1.75.